The fourth-order valence-electron chi connectivity index (χ4n) is 3.72. The van der Waals surface area contributed by atoms with Crippen molar-refractivity contribution in [2.75, 3.05) is 26.2 Å². The van der Waals surface area contributed by atoms with E-state index < -0.39 is 0 Å². The molecule has 1 amide bonds. The van der Waals surface area contributed by atoms with Crippen molar-refractivity contribution < 1.29 is 4.79 Å². The second-order valence-electron chi connectivity index (χ2n) is 6.26. The lowest BCUT2D eigenvalue weighted by Gasteiger charge is -2.44. The minimum Gasteiger partial charge on any atom is -0.335 e. The number of hydrogen-bond acceptors (Lipinski definition) is 2. The molecule has 2 aliphatic rings. The molecule has 0 aromatic heterocycles. The smallest absolute Gasteiger partial charge is 0.254 e. The van der Waals surface area contributed by atoms with Crippen molar-refractivity contribution in [1.82, 2.24) is 9.80 Å². The second kappa shape index (κ2) is 5.99. The molecule has 0 radical (unpaired) electrons. The van der Waals surface area contributed by atoms with Crippen LogP contribution < -0.4 is 0 Å². The number of nitrogens with zero attached hydrogens (tertiary/aromatic N) is 2. The molecule has 0 bridgehead atoms. The summed E-state index contributed by atoms with van der Waals surface area (Å²) < 4.78 is 0. The standard InChI is InChI=1S/C19H19ClN2O/c20-16-6-3-5-15(12-16)19(23)22-11-10-21-9-8-14-4-1-2-7-17(14)18(21)13-22/h1-7,12,18H,8-11,13H2. The zero-order valence-electron chi connectivity index (χ0n) is 12.9. The van der Waals surface area contributed by atoms with Gasteiger partial charge < -0.3 is 4.90 Å². The Balaban J connectivity index is 1.59. The van der Waals surface area contributed by atoms with Gasteiger partial charge in [0.1, 0.15) is 0 Å². The average molecular weight is 327 g/mol. The van der Waals surface area contributed by atoms with E-state index in [0.717, 1.165) is 32.6 Å². The molecule has 0 aliphatic carbocycles. The van der Waals surface area contributed by atoms with Gasteiger partial charge >= 0.3 is 0 Å². The van der Waals surface area contributed by atoms with Gasteiger partial charge in [-0.25, -0.2) is 0 Å². The molecule has 4 heteroatoms. The van der Waals surface area contributed by atoms with Crippen LogP contribution in [0.5, 0.6) is 0 Å². The molecule has 23 heavy (non-hydrogen) atoms. The van der Waals surface area contributed by atoms with E-state index in [9.17, 15) is 4.79 Å². The van der Waals surface area contributed by atoms with E-state index in [1.54, 1.807) is 12.1 Å². The van der Waals surface area contributed by atoms with Crippen molar-refractivity contribution in [3.63, 3.8) is 0 Å². The summed E-state index contributed by atoms with van der Waals surface area (Å²) in [5, 5.41) is 0.609. The van der Waals surface area contributed by atoms with E-state index in [-0.39, 0.29) is 5.91 Å². The first-order valence-electron chi connectivity index (χ1n) is 8.09. The lowest BCUT2D eigenvalue weighted by molar-refractivity contribution is 0.0453. The van der Waals surface area contributed by atoms with Crippen LogP contribution in [0.25, 0.3) is 0 Å². The lowest BCUT2D eigenvalue weighted by atomic mass is 9.91. The third kappa shape index (κ3) is 2.75. The summed E-state index contributed by atoms with van der Waals surface area (Å²) in [6, 6.07) is 16.2. The Hall–Kier alpha value is -1.84. The summed E-state index contributed by atoms with van der Waals surface area (Å²) >= 11 is 6.03. The van der Waals surface area contributed by atoms with Crippen molar-refractivity contribution in [2.24, 2.45) is 0 Å². The van der Waals surface area contributed by atoms with Crippen LogP contribution >= 0.6 is 11.6 Å². The predicted octanol–water partition coefficient (Wildman–Crippen LogP) is 3.40. The number of hydrogen-bond donors (Lipinski definition) is 0. The quantitative estimate of drug-likeness (QED) is 0.802. The maximum Gasteiger partial charge on any atom is 0.254 e. The van der Waals surface area contributed by atoms with Crippen LogP contribution in [0.4, 0.5) is 0 Å². The zero-order valence-corrected chi connectivity index (χ0v) is 13.7. The van der Waals surface area contributed by atoms with Gasteiger partial charge in [0.2, 0.25) is 0 Å². The number of fused-ring (bicyclic) bond motifs is 3. The maximum atomic E-state index is 12.8. The maximum absolute atomic E-state index is 12.8. The van der Waals surface area contributed by atoms with Crippen LogP contribution in [0, 0.1) is 0 Å². The highest BCUT2D eigenvalue weighted by atomic mass is 35.5. The van der Waals surface area contributed by atoms with Crippen molar-refractivity contribution in [1.29, 1.82) is 0 Å². The Kier molecular flexibility index (Phi) is 3.83. The number of carbonyl (C=O) groups excluding carboxylic acids is 1. The Labute approximate surface area is 141 Å². The fraction of sp³-hybridized carbons (Fsp3) is 0.316. The molecule has 0 saturated carbocycles. The Morgan fingerprint density at radius 3 is 2.78 bits per heavy atom. The first-order chi connectivity index (χ1) is 11.2. The number of rotatable bonds is 1. The van der Waals surface area contributed by atoms with Gasteiger partial charge in [0, 0.05) is 36.8 Å². The molecule has 2 aromatic carbocycles. The van der Waals surface area contributed by atoms with Gasteiger partial charge in [0.25, 0.3) is 5.91 Å². The zero-order chi connectivity index (χ0) is 15.8. The molecule has 1 saturated heterocycles. The first kappa shape index (κ1) is 14.7. The number of carbonyl (C=O) groups is 1. The van der Waals surface area contributed by atoms with E-state index in [4.69, 9.17) is 11.6 Å². The Morgan fingerprint density at radius 1 is 1.04 bits per heavy atom. The molecule has 1 unspecified atom stereocenters. The monoisotopic (exact) mass is 326 g/mol. The van der Waals surface area contributed by atoms with Crippen LogP contribution in [-0.2, 0) is 6.42 Å². The molecule has 118 valence electrons. The molecule has 4 rings (SSSR count). The summed E-state index contributed by atoms with van der Waals surface area (Å²) in [5.41, 5.74) is 3.48. The molecule has 2 aromatic rings. The third-order valence-electron chi connectivity index (χ3n) is 4.93. The van der Waals surface area contributed by atoms with Gasteiger partial charge in [0.15, 0.2) is 0 Å². The third-order valence-corrected chi connectivity index (χ3v) is 5.17. The molecular weight excluding hydrogens is 308 g/mol. The average Bonchev–Trinajstić information content (AvgIpc) is 2.60. The van der Waals surface area contributed by atoms with Crippen LogP contribution in [0.15, 0.2) is 48.5 Å². The molecule has 0 N–H and O–H groups in total. The number of piperazine rings is 1. The minimum absolute atomic E-state index is 0.0789. The van der Waals surface area contributed by atoms with Crippen molar-refractivity contribution in [3.05, 3.63) is 70.2 Å². The second-order valence-corrected chi connectivity index (χ2v) is 6.70. The van der Waals surface area contributed by atoms with Crippen molar-refractivity contribution in [3.8, 4) is 0 Å². The fourth-order valence-corrected chi connectivity index (χ4v) is 3.91. The molecule has 2 aliphatic heterocycles. The van der Waals surface area contributed by atoms with Gasteiger partial charge in [-0.1, -0.05) is 41.9 Å². The van der Waals surface area contributed by atoms with Gasteiger partial charge in [-0.2, -0.15) is 0 Å². The SMILES string of the molecule is O=C(c1cccc(Cl)c1)N1CCN2CCc3ccccc3C2C1. The normalized spacial score (nSPS) is 20.7. The molecular formula is C19H19ClN2O. The summed E-state index contributed by atoms with van der Waals surface area (Å²) in [6.07, 6.45) is 1.11. The van der Waals surface area contributed by atoms with Gasteiger partial charge in [-0.05, 0) is 35.7 Å². The van der Waals surface area contributed by atoms with Gasteiger partial charge in [0.05, 0.1) is 6.04 Å². The van der Waals surface area contributed by atoms with Crippen LogP contribution in [0.1, 0.15) is 27.5 Å². The Bertz CT molecular complexity index is 746. The molecule has 2 heterocycles. The molecule has 1 fully saturated rings. The largest absolute Gasteiger partial charge is 0.335 e. The summed E-state index contributed by atoms with van der Waals surface area (Å²) in [7, 11) is 0. The predicted molar refractivity (Wildman–Crippen MR) is 91.8 cm³/mol. The molecule has 1 atom stereocenters. The number of amides is 1. The van der Waals surface area contributed by atoms with Gasteiger partial charge in [-0.15, -0.1) is 0 Å². The van der Waals surface area contributed by atoms with Crippen LogP contribution in [0.2, 0.25) is 5.02 Å². The van der Waals surface area contributed by atoms with E-state index in [0.29, 0.717) is 16.6 Å². The van der Waals surface area contributed by atoms with E-state index >= 15 is 0 Å². The topological polar surface area (TPSA) is 23.6 Å². The van der Waals surface area contributed by atoms with E-state index in [1.807, 2.05) is 17.0 Å². The van der Waals surface area contributed by atoms with E-state index in [1.165, 1.54) is 11.1 Å². The van der Waals surface area contributed by atoms with Crippen LogP contribution in [-0.4, -0.2) is 41.9 Å². The Morgan fingerprint density at radius 2 is 1.91 bits per heavy atom. The highest BCUT2D eigenvalue weighted by Gasteiger charge is 2.34. The lowest BCUT2D eigenvalue weighted by Crippen LogP contribution is -2.52. The number of halogens is 1. The summed E-state index contributed by atoms with van der Waals surface area (Å²) in [4.78, 5) is 17.3. The van der Waals surface area contributed by atoms with Crippen LogP contribution in [0.3, 0.4) is 0 Å². The molecule has 3 nitrogen and oxygen atoms in total. The highest BCUT2D eigenvalue weighted by Crippen LogP contribution is 2.32. The minimum atomic E-state index is 0.0789. The van der Waals surface area contributed by atoms with Crippen molar-refractivity contribution in [2.45, 2.75) is 12.5 Å². The molecule has 0 spiro atoms. The first-order valence-corrected chi connectivity index (χ1v) is 8.47. The summed E-state index contributed by atoms with van der Waals surface area (Å²) in [6.45, 7) is 3.55. The number of benzene rings is 2. The van der Waals surface area contributed by atoms with E-state index in [2.05, 4.69) is 29.2 Å². The highest BCUT2D eigenvalue weighted by molar-refractivity contribution is 6.30. The van der Waals surface area contributed by atoms with Gasteiger partial charge in [-0.3, -0.25) is 9.69 Å². The van der Waals surface area contributed by atoms with Crippen molar-refractivity contribution >= 4 is 17.5 Å². The summed E-state index contributed by atoms with van der Waals surface area (Å²) in [5.74, 6) is 0.0789.